The van der Waals surface area contributed by atoms with Crippen LogP contribution >= 0.6 is 11.8 Å². The lowest BCUT2D eigenvalue weighted by atomic mass is 10.1. The van der Waals surface area contributed by atoms with Crippen LogP contribution in [-0.4, -0.2) is 31.3 Å². The molecule has 0 unspecified atom stereocenters. The number of carboxylic acid groups (broad SMARTS) is 1. The predicted molar refractivity (Wildman–Crippen MR) is 68.3 cm³/mol. The van der Waals surface area contributed by atoms with Gasteiger partial charge in [0, 0.05) is 4.90 Å². The summed E-state index contributed by atoms with van der Waals surface area (Å²) in [5.41, 5.74) is 1.06. The van der Waals surface area contributed by atoms with Gasteiger partial charge in [-0.3, -0.25) is 0 Å². The maximum atomic E-state index is 11.0. The second kappa shape index (κ2) is 4.65. The summed E-state index contributed by atoms with van der Waals surface area (Å²) in [7, 11) is 0. The van der Waals surface area contributed by atoms with Crippen molar-refractivity contribution >= 4 is 17.7 Å². The summed E-state index contributed by atoms with van der Waals surface area (Å²) >= 11 is 1.46. The molecule has 0 bridgehead atoms. The van der Waals surface area contributed by atoms with Crippen LogP contribution < -0.4 is 0 Å². The van der Waals surface area contributed by atoms with Gasteiger partial charge in [0.25, 0.3) is 0 Å². The average molecular weight is 276 g/mol. The van der Waals surface area contributed by atoms with Gasteiger partial charge in [-0.05, 0) is 65.7 Å². The molecule has 1 N–H and O–H groups in total. The van der Waals surface area contributed by atoms with E-state index >= 15 is 0 Å². The molecule has 0 aliphatic heterocycles. The smallest absolute Gasteiger partial charge is 0.335 e. The van der Waals surface area contributed by atoms with Crippen molar-refractivity contribution in [1.29, 1.82) is 0 Å². The van der Waals surface area contributed by atoms with Crippen LogP contribution in [0.1, 0.15) is 34.8 Å². The molecular weight excluding hydrogens is 264 g/mol. The highest BCUT2D eigenvalue weighted by Gasteiger charge is 2.28. The van der Waals surface area contributed by atoms with Gasteiger partial charge in [0.2, 0.25) is 5.16 Å². The van der Waals surface area contributed by atoms with Crippen molar-refractivity contribution < 1.29 is 9.90 Å². The molecule has 7 heteroatoms. The molecule has 3 rings (SSSR count). The summed E-state index contributed by atoms with van der Waals surface area (Å²) in [5, 5.41) is 21.4. The van der Waals surface area contributed by atoms with Crippen molar-refractivity contribution in [2.45, 2.75) is 35.9 Å². The zero-order valence-corrected chi connectivity index (χ0v) is 11.1. The number of hydrogen-bond donors (Lipinski definition) is 1. The van der Waals surface area contributed by atoms with E-state index in [1.807, 2.05) is 10.7 Å². The Morgan fingerprint density at radius 2 is 2.26 bits per heavy atom. The molecule has 98 valence electrons. The molecule has 1 saturated carbocycles. The first-order valence-corrected chi connectivity index (χ1v) is 6.76. The second-order valence-corrected chi connectivity index (χ2v) is 5.56. The van der Waals surface area contributed by atoms with Crippen LogP contribution in [0.4, 0.5) is 0 Å². The quantitative estimate of drug-likeness (QED) is 0.921. The molecule has 1 aromatic carbocycles. The maximum Gasteiger partial charge on any atom is 0.335 e. The number of nitrogens with zero attached hydrogens (tertiary/aromatic N) is 4. The Bertz CT molecular complexity index is 636. The minimum Gasteiger partial charge on any atom is -0.478 e. The van der Waals surface area contributed by atoms with Crippen molar-refractivity contribution in [3.05, 3.63) is 29.3 Å². The number of tetrazole rings is 1. The third-order valence-corrected chi connectivity index (χ3v) is 3.93. The summed E-state index contributed by atoms with van der Waals surface area (Å²) in [6.07, 6.45) is 2.24. The molecule has 1 aliphatic rings. The van der Waals surface area contributed by atoms with Gasteiger partial charge in [-0.15, -0.1) is 5.10 Å². The van der Waals surface area contributed by atoms with Gasteiger partial charge >= 0.3 is 5.97 Å². The van der Waals surface area contributed by atoms with E-state index in [0.717, 1.165) is 28.5 Å². The molecule has 0 radical (unpaired) electrons. The van der Waals surface area contributed by atoms with Crippen molar-refractivity contribution in [2.75, 3.05) is 0 Å². The van der Waals surface area contributed by atoms with Gasteiger partial charge in [-0.25, -0.2) is 9.48 Å². The Hall–Kier alpha value is -1.89. The predicted octanol–water partition coefficient (Wildman–Crippen LogP) is 2.17. The van der Waals surface area contributed by atoms with E-state index in [1.165, 1.54) is 11.8 Å². The maximum absolute atomic E-state index is 11.0. The SMILES string of the molecule is Cc1cc(Sc2nnnn2C2CC2)ccc1C(=O)O. The van der Waals surface area contributed by atoms with Gasteiger partial charge in [0.15, 0.2) is 0 Å². The monoisotopic (exact) mass is 276 g/mol. The molecular formula is C12H12N4O2S. The van der Waals surface area contributed by atoms with Crippen molar-refractivity contribution in [3.63, 3.8) is 0 Å². The van der Waals surface area contributed by atoms with Crippen LogP contribution in [0.2, 0.25) is 0 Å². The fraction of sp³-hybridized carbons (Fsp3) is 0.333. The summed E-state index contributed by atoms with van der Waals surface area (Å²) < 4.78 is 1.84. The molecule has 0 atom stereocenters. The number of aromatic carboxylic acids is 1. The van der Waals surface area contributed by atoms with Gasteiger partial charge in [-0.2, -0.15) is 0 Å². The van der Waals surface area contributed by atoms with Crippen molar-refractivity contribution in [3.8, 4) is 0 Å². The fourth-order valence-corrected chi connectivity index (χ4v) is 2.79. The molecule has 19 heavy (non-hydrogen) atoms. The van der Waals surface area contributed by atoms with E-state index in [9.17, 15) is 4.79 Å². The van der Waals surface area contributed by atoms with Crippen molar-refractivity contribution in [1.82, 2.24) is 20.2 Å². The lowest BCUT2D eigenvalue weighted by Gasteiger charge is -2.05. The highest BCUT2D eigenvalue weighted by molar-refractivity contribution is 7.99. The van der Waals surface area contributed by atoms with Gasteiger partial charge in [-0.1, -0.05) is 0 Å². The molecule has 6 nitrogen and oxygen atoms in total. The van der Waals surface area contributed by atoms with Crippen LogP contribution in [0.5, 0.6) is 0 Å². The summed E-state index contributed by atoms with van der Waals surface area (Å²) in [4.78, 5) is 11.9. The van der Waals surface area contributed by atoms with Gasteiger partial charge < -0.3 is 5.11 Å². The summed E-state index contributed by atoms with van der Waals surface area (Å²) in [6, 6.07) is 5.68. The first-order valence-electron chi connectivity index (χ1n) is 5.95. The lowest BCUT2D eigenvalue weighted by molar-refractivity contribution is 0.0696. The zero-order valence-electron chi connectivity index (χ0n) is 10.3. The number of hydrogen-bond acceptors (Lipinski definition) is 5. The molecule has 1 aliphatic carbocycles. The van der Waals surface area contributed by atoms with Gasteiger partial charge in [0.05, 0.1) is 11.6 Å². The lowest BCUT2D eigenvalue weighted by Crippen LogP contribution is -2.00. The van der Waals surface area contributed by atoms with Crippen LogP contribution in [-0.2, 0) is 0 Å². The summed E-state index contributed by atoms with van der Waals surface area (Å²) in [6.45, 7) is 1.79. The fourth-order valence-electron chi connectivity index (χ4n) is 1.85. The average Bonchev–Trinajstić information content (AvgIpc) is 3.10. The highest BCUT2D eigenvalue weighted by atomic mass is 32.2. The van der Waals surface area contributed by atoms with E-state index in [2.05, 4.69) is 15.5 Å². The van der Waals surface area contributed by atoms with E-state index in [1.54, 1.807) is 19.1 Å². The molecule has 0 saturated heterocycles. The van der Waals surface area contributed by atoms with Crippen LogP contribution in [0.3, 0.4) is 0 Å². The largest absolute Gasteiger partial charge is 0.478 e. The second-order valence-electron chi connectivity index (χ2n) is 4.52. The molecule has 1 aromatic heterocycles. The molecule has 1 heterocycles. The minimum atomic E-state index is -0.906. The van der Waals surface area contributed by atoms with Crippen molar-refractivity contribution in [2.24, 2.45) is 0 Å². The van der Waals surface area contributed by atoms with Crippen LogP contribution in [0.25, 0.3) is 0 Å². The Kier molecular flexibility index (Phi) is 2.98. The minimum absolute atomic E-state index is 0.325. The standard InChI is InChI=1S/C12H12N4O2S/c1-7-6-9(4-5-10(7)11(17)18)19-12-13-14-15-16(12)8-2-3-8/h4-6,8H,2-3H2,1H3,(H,17,18). The number of carboxylic acids is 1. The number of rotatable bonds is 4. The third-order valence-electron chi connectivity index (χ3n) is 2.99. The normalized spacial score (nSPS) is 14.6. The number of aryl methyl sites for hydroxylation is 1. The van der Waals surface area contributed by atoms with Crippen LogP contribution in [0, 0.1) is 6.92 Å². The number of aromatic nitrogens is 4. The molecule has 0 spiro atoms. The van der Waals surface area contributed by atoms with E-state index in [-0.39, 0.29) is 0 Å². The van der Waals surface area contributed by atoms with E-state index in [4.69, 9.17) is 5.11 Å². The molecule has 1 fully saturated rings. The Morgan fingerprint density at radius 1 is 1.47 bits per heavy atom. The highest BCUT2D eigenvalue weighted by Crippen LogP contribution is 2.38. The molecule has 0 amide bonds. The Morgan fingerprint density at radius 3 is 2.89 bits per heavy atom. The number of benzene rings is 1. The first kappa shape index (κ1) is 12.2. The Balaban J connectivity index is 1.85. The number of carbonyl (C=O) groups is 1. The zero-order chi connectivity index (χ0) is 13.4. The first-order chi connectivity index (χ1) is 9.15. The topological polar surface area (TPSA) is 80.9 Å². The van der Waals surface area contributed by atoms with Gasteiger partial charge in [0.1, 0.15) is 0 Å². The van der Waals surface area contributed by atoms with E-state index < -0.39 is 5.97 Å². The Labute approximate surface area is 113 Å². The summed E-state index contributed by atoms with van der Waals surface area (Å²) in [5.74, 6) is -0.906. The van der Waals surface area contributed by atoms with Crippen LogP contribution in [0.15, 0.2) is 28.3 Å². The third kappa shape index (κ3) is 2.46. The van der Waals surface area contributed by atoms with E-state index in [0.29, 0.717) is 11.6 Å². The molecule has 2 aromatic rings.